The summed E-state index contributed by atoms with van der Waals surface area (Å²) in [5, 5.41) is 9.20. The van der Waals surface area contributed by atoms with Gasteiger partial charge in [-0.1, -0.05) is 12.1 Å². The Morgan fingerprint density at radius 1 is 1.12 bits per heavy atom. The van der Waals surface area contributed by atoms with Crippen LogP contribution in [0.25, 0.3) is 0 Å². The maximum Gasteiger partial charge on any atom is 0.255 e. The summed E-state index contributed by atoms with van der Waals surface area (Å²) in [6.07, 6.45) is 0. The lowest BCUT2D eigenvalue weighted by atomic mass is 10.2. The Kier molecular flexibility index (Phi) is 6.36. The second-order valence-electron chi connectivity index (χ2n) is 5.10. The first kappa shape index (κ1) is 17.5. The predicted octanol–water partition coefficient (Wildman–Crippen LogP) is 2.07. The summed E-state index contributed by atoms with van der Waals surface area (Å²) in [5.41, 5.74) is 0.521. The Bertz CT molecular complexity index is 690. The highest BCUT2D eigenvalue weighted by Crippen LogP contribution is 2.16. The van der Waals surface area contributed by atoms with Gasteiger partial charge in [-0.2, -0.15) is 0 Å². The van der Waals surface area contributed by atoms with E-state index in [0.29, 0.717) is 30.2 Å². The van der Waals surface area contributed by atoms with Gasteiger partial charge in [0.2, 0.25) is 0 Å². The molecular weight excluding hydrogens is 306 g/mol. The number of hydrogen-bond acceptors (Lipinski definition) is 6. The molecule has 0 aliphatic rings. The highest BCUT2D eigenvalue weighted by atomic mass is 16.5. The first-order valence-corrected chi connectivity index (χ1v) is 7.88. The molecule has 0 radical (unpaired) electrons. The van der Waals surface area contributed by atoms with Crippen LogP contribution in [-0.4, -0.2) is 42.6 Å². The minimum absolute atomic E-state index is 0.165. The lowest BCUT2D eigenvalue weighted by molar-refractivity contribution is 0.0952. The Labute approximate surface area is 141 Å². The molecule has 2 rings (SSSR count). The van der Waals surface area contributed by atoms with Crippen LogP contribution < -0.4 is 20.7 Å². The number of benzene rings is 1. The van der Waals surface area contributed by atoms with Gasteiger partial charge in [-0.15, -0.1) is 0 Å². The molecule has 128 valence electrons. The molecule has 0 saturated heterocycles. The van der Waals surface area contributed by atoms with Crippen LogP contribution in [0.4, 0.5) is 11.6 Å². The van der Waals surface area contributed by atoms with E-state index in [2.05, 4.69) is 25.9 Å². The minimum Gasteiger partial charge on any atom is -0.496 e. The topological polar surface area (TPSA) is 88.2 Å². The van der Waals surface area contributed by atoms with Crippen LogP contribution in [0.1, 0.15) is 23.1 Å². The highest BCUT2D eigenvalue weighted by molar-refractivity contribution is 5.96. The first-order valence-electron chi connectivity index (χ1n) is 7.88. The average Bonchev–Trinajstić information content (AvgIpc) is 2.58. The number of aromatic nitrogens is 2. The smallest absolute Gasteiger partial charge is 0.255 e. The number of amides is 1. The summed E-state index contributed by atoms with van der Waals surface area (Å²) in [4.78, 5) is 20.8. The molecule has 0 unspecified atom stereocenters. The van der Waals surface area contributed by atoms with Gasteiger partial charge in [0.05, 0.1) is 12.7 Å². The standard InChI is InChI=1S/C17H23N5O2/c1-4-18-15-11-16(22-12(2)21-15)19-9-10-20-17(23)13-7-5-6-8-14(13)24-3/h5-8,11H,4,9-10H2,1-3H3,(H,20,23)(H2,18,19,21,22). The van der Waals surface area contributed by atoms with Crippen molar-refractivity contribution in [3.05, 3.63) is 41.7 Å². The zero-order valence-corrected chi connectivity index (χ0v) is 14.2. The predicted molar refractivity (Wildman–Crippen MR) is 94.7 cm³/mol. The van der Waals surface area contributed by atoms with E-state index in [0.717, 1.165) is 18.2 Å². The monoisotopic (exact) mass is 329 g/mol. The normalized spacial score (nSPS) is 10.1. The molecule has 24 heavy (non-hydrogen) atoms. The van der Waals surface area contributed by atoms with Crippen molar-refractivity contribution in [2.75, 3.05) is 37.4 Å². The van der Waals surface area contributed by atoms with Crippen LogP contribution in [0.5, 0.6) is 5.75 Å². The van der Waals surface area contributed by atoms with Crippen LogP contribution in [0.15, 0.2) is 30.3 Å². The van der Waals surface area contributed by atoms with Gasteiger partial charge in [0, 0.05) is 25.7 Å². The molecule has 7 heteroatoms. The van der Waals surface area contributed by atoms with E-state index >= 15 is 0 Å². The molecule has 0 saturated carbocycles. The number of rotatable bonds is 8. The van der Waals surface area contributed by atoms with E-state index in [-0.39, 0.29) is 5.91 Å². The number of aryl methyl sites for hydroxylation is 1. The third-order valence-electron chi connectivity index (χ3n) is 3.26. The fraction of sp³-hybridized carbons (Fsp3) is 0.353. The van der Waals surface area contributed by atoms with Crippen molar-refractivity contribution in [1.82, 2.24) is 15.3 Å². The second kappa shape index (κ2) is 8.71. The summed E-state index contributed by atoms with van der Waals surface area (Å²) >= 11 is 0. The zero-order valence-electron chi connectivity index (χ0n) is 14.2. The summed E-state index contributed by atoms with van der Waals surface area (Å²) < 4.78 is 5.19. The number of nitrogens with one attached hydrogen (secondary N) is 3. The van der Waals surface area contributed by atoms with Crippen molar-refractivity contribution < 1.29 is 9.53 Å². The zero-order chi connectivity index (χ0) is 17.4. The maximum absolute atomic E-state index is 12.2. The van der Waals surface area contributed by atoms with Gasteiger partial charge in [-0.05, 0) is 26.0 Å². The van der Waals surface area contributed by atoms with Gasteiger partial charge in [-0.3, -0.25) is 4.79 Å². The van der Waals surface area contributed by atoms with E-state index < -0.39 is 0 Å². The summed E-state index contributed by atoms with van der Waals surface area (Å²) in [6.45, 7) is 5.68. The van der Waals surface area contributed by atoms with E-state index in [1.165, 1.54) is 0 Å². The van der Waals surface area contributed by atoms with Crippen LogP contribution in [0, 0.1) is 6.92 Å². The van der Waals surface area contributed by atoms with Gasteiger partial charge in [0.25, 0.3) is 5.91 Å². The Balaban J connectivity index is 1.85. The van der Waals surface area contributed by atoms with Crippen molar-refractivity contribution >= 4 is 17.5 Å². The SMILES string of the molecule is CCNc1cc(NCCNC(=O)c2ccccc2OC)nc(C)n1. The van der Waals surface area contributed by atoms with Crippen molar-refractivity contribution in [2.45, 2.75) is 13.8 Å². The molecule has 1 heterocycles. The lowest BCUT2D eigenvalue weighted by Crippen LogP contribution is -2.29. The average molecular weight is 329 g/mol. The molecule has 0 atom stereocenters. The summed E-state index contributed by atoms with van der Waals surface area (Å²) in [7, 11) is 1.55. The molecule has 0 bridgehead atoms. The lowest BCUT2D eigenvalue weighted by Gasteiger charge is -2.11. The van der Waals surface area contributed by atoms with E-state index in [1.807, 2.05) is 32.0 Å². The van der Waals surface area contributed by atoms with Crippen LogP contribution in [-0.2, 0) is 0 Å². The second-order valence-corrected chi connectivity index (χ2v) is 5.10. The van der Waals surface area contributed by atoms with E-state index in [1.54, 1.807) is 19.2 Å². The minimum atomic E-state index is -0.165. The van der Waals surface area contributed by atoms with Crippen molar-refractivity contribution in [3.8, 4) is 5.75 Å². The maximum atomic E-state index is 12.2. The number of hydrogen-bond donors (Lipinski definition) is 3. The van der Waals surface area contributed by atoms with Gasteiger partial charge in [0.1, 0.15) is 23.2 Å². The molecule has 0 fully saturated rings. The van der Waals surface area contributed by atoms with Crippen molar-refractivity contribution in [3.63, 3.8) is 0 Å². The van der Waals surface area contributed by atoms with Crippen LogP contribution in [0.3, 0.4) is 0 Å². The number of carbonyl (C=O) groups excluding carboxylic acids is 1. The molecule has 2 aromatic rings. The molecule has 3 N–H and O–H groups in total. The van der Waals surface area contributed by atoms with Gasteiger partial charge < -0.3 is 20.7 Å². The number of ether oxygens (including phenoxy) is 1. The molecule has 0 aliphatic carbocycles. The van der Waals surface area contributed by atoms with Crippen LogP contribution in [0.2, 0.25) is 0 Å². The Morgan fingerprint density at radius 2 is 1.83 bits per heavy atom. The Morgan fingerprint density at radius 3 is 2.54 bits per heavy atom. The first-order chi connectivity index (χ1) is 11.6. The molecule has 0 aliphatic heterocycles. The van der Waals surface area contributed by atoms with Gasteiger partial charge in [-0.25, -0.2) is 9.97 Å². The third kappa shape index (κ3) is 4.84. The molecule has 1 aromatic carbocycles. The van der Waals surface area contributed by atoms with E-state index in [9.17, 15) is 4.79 Å². The number of para-hydroxylation sites is 1. The number of methoxy groups -OCH3 is 1. The number of anilines is 2. The van der Waals surface area contributed by atoms with E-state index in [4.69, 9.17) is 4.74 Å². The van der Waals surface area contributed by atoms with Crippen molar-refractivity contribution in [2.24, 2.45) is 0 Å². The van der Waals surface area contributed by atoms with Crippen molar-refractivity contribution in [1.29, 1.82) is 0 Å². The van der Waals surface area contributed by atoms with Gasteiger partial charge >= 0.3 is 0 Å². The third-order valence-corrected chi connectivity index (χ3v) is 3.26. The summed E-state index contributed by atoms with van der Waals surface area (Å²) in [5.74, 6) is 2.59. The highest BCUT2D eigenvalue weighted by Gasteiger charge is 2.10. The largest absolute Gasteiger partial charge is 0.496 e. The van der Waals surface area contributed by atoms with Gasteiger partial charge in [0.15, 0.2) is 0 Å². The molecule has 1 aromatic heterocycles. The van der Waals surface area contributed by atoms with Crippen LogP contribution >= 0.6 is 0 Å². The number of carbonyl (C=O) groups is 1. The fourth-order valence-corrected chi connectivity index (χ4v) is 2.22. The molecule has 0 spiro atoms. The summed E-state index contributed by atoms with van der Waals surface area (Å²) in [6, 6.07) is 8.98. The molecule has 1 amide bonds. The molecule has 7 nitrogen and oxygen atoms in total. The quantitative estimate of drug-likeness (QED) is 0.643. The molecular formula is C17H23N5O2. The Hall–Kier alpha value is -2.83. The fourth-order valence-electron chi connectivity index (χ4n) is 2.22. The number of nitrogens with zero attached hydrogens (tertiary/aromatic N) is 2.